The molecule has 1 amide bonds. The molecule has 0 saturated heterocycles. The highest BCUT2D eigenvalue weighted by Crippen LogP contribution is 2.33. The van der Waals surface area contributed by atoms with Gasteiger partial charge in [0.25, 0.3) is 0 Å². The average Bonchev–Trinajstić information content (AvgIpc) is 3.26. The van der Waals surface area contributed by atoms with Crippen molar-refractivity contribution in [2.75, 3.05) is 27.7 Å². The molecule has 0 aromatic heterocycles. The Kier molecular flexibility index (Phi) is 17.0. The van der Waals surface area contributed by atoms with E-state index in [1.807, 2.05) is 127 Å². The van der Waals surface area contributed by atoms with Gasteiger partial charge in [0.15, 0.2) is 0 Å². The van der Waals surface area contributed by atoms with Gasteiger partial charge in [0.05, 0.1) is 12.1 Å². The zero-order valence-corrected chi connectivity index (χ0v) is 33.7. The molecule has 12 nitrogen and oxygen atoms in total. The summed E-state index contributed by atoms with van der Waals surface area (Å²) in [5.41, 5.74) is 5.58. The maximum Gasteiger partial charge on any atom is 0.329 e. The van der Waals surface area contributed by atoms with E-state index in [2.05, 4.69) is 21.3 Å². The number of hydrogen-bond acceptors (Lipinski definition) is 10. The molecule has 0 bridgehead atoms. The lowest BCUT2D eigenvalue weighted by Gasteiger charge is -2.24. The van der Waals surface area contributed by atoms with Gasteiger partial charge in [-0.05, 0) is 90.8 Å². The van der Waals surface area contributed by atoms with Crippen molar-refractivity contribution in [3.63, 3.8) is 0 Å². The second-order valence-corrected chi connectivity index (χ2v) is 14.2. The van der Waals surface area contributed by atoms with Gasteiger partial charge in [0.2, 0.25) is 5.91 Å². The summed E-state index contributed by atoms with van der Waals surface area (Å²) in [5.74, 6) is -1.03. The number of esters is 1. The Hall–Kier alpha value is -6.05. The first-order valence-electron chi connectivity index (χ1n) is 19.7. The number of aliphatic carboxylic acids is 1. The Morgan fingerprint density at radius 1 is 0.593 bits per heavy atom. The molecule has 4 atom stereocenters. The first-order chi connectivity index (χ1) is 28.7. The van der Waals surface area contributed by atoms with Crippen molar-refractivity contribution in [3.05, 3.63) is 155 Å². The van der Waals surface area contributed by atoms with Gasteiger partial charge < -0.3 is 45.7 Å². The smallest absolute Gasteiger partial charge is 0.329 e. The van der Waals surface area contributed by atoms with Crippen LogP contribution in [0.25, 0.3) is 11.1 Å². The van der Waals surface area contributed by atoms with Gasteiger partial charge >= 0.3 is 11.9 Å². The first-order valence-corrected chi connectivity index (χ1v) is 19.7. The van der Waals surface area contributed by atoms with Crippen molar-refractivity contribution < 1.29 is 38.8 Å². The Balaban J connectivity index is 1.51. The van der Waals surface area contributed by atoms with Gasteiger partial charge in [0.1, 0.15) is 43.4 Å². The molecule has 0 radical (unpaired) electrons. The number of ether oxygens (including phenoxy) is 3. The second kappa shape index (κ2) is 22.8. The summed E-state index contributed by atoms with van der Waals surface area (Å²) in [7, 11) is 4.95. The van der Waals surface area contributed by atoms with Crippen molar-refractivity contribution in [2.45, 2.75) is 63.3 Å². The minimum atomic E-state index is -1.13. The number of aliphatic hydroxyl groups is 1. The number of carbonyl (C=O) groups excluding carboxylic acids is 2. The van der Waals surface area contributed by atoms with E-state index in [0.29, 0.717) is 29.2 Å². The van der Waals surface area contributed by atoms with E-state index in [0.717, 1.165) is 27.8 Å². The molecule has 0 aliphatic carbocycles. The van der Waals surface area contributed by atoms with Crippen LogP contribution >= 0.6 is 0 Å². The van der Waals surface area contributed by atoms with Crippen molar-refractivity contribution in [3.8, 4) is 22.6 Å². The van der Waals surface area contributed by atoms with Gasteiger partial charge in [-0.15, -0.1) is 0 Å². The molecule has 59 heavy (non-hydrogen) atoms. The fourth-order valence-corrected chi connectivity index (χ4v) is 6.58. The molecule has 310 valence electrons. The van der Waals surface area contributed by atoms with Crippen LogP contribution < -0.4 is 30.7 Å². The number of hydrogen-bond donors (Lipinski definition) is 6. The van der Waals surface area contributed by atoms with Crippen LogP contribution in [0.2, 0.25) is 0 Å². The molecule has 5 aromatic carbocycles. The van der Waals surface area contributed by atoms with E-state index in [1.54, 1.807) is 21.1 Å². The van der Waals surface area contributed by atoms with E-state index < -0.39 is 42.1 Å². The molecule has 6 N–H and O–H groups in total. The van der Waals surface area contributed by atoms with E-state index in [9.17, 15) is 24.6 Å². The zero-order chi connectivity index (χ0) is 42.0. The summed E-state index contributed by atoms with van der Waals surface area (Å²) in [6.07, 6.45) is -0.523. The molecular formula is C47H54N4O8. The predicted molar refractivity (Wildman–Crippen MR) is 227 cm³/mol. The molecule has 5 rings (SSSR count). The van der Waals surface area contributed by atoms with Crippen molar-refractivity contribution in [1.82, 2.24) is 21.3 Å². The Labute approximate surface area is 345 Å². The second-order valence-electron chi connectivity index (χ2n) is 14.2. The van der Waals surface area contributed by atoms with Crippen LogP contribution in [0.5, 0.6) is 11.5 Å². The highest BCUT2D eigenvalue weighted by Gasteiger charge is 2.29. The van der Waals surface area contributed by atoms with E-state index in [1.165, 1.54) is 0 Å². The molecule has 0 saturated carbocycles. The van der Waals surface area contributed by atoms with E-state index in [-0.39, 0.29) is 39.0 Å². The van der Waals surface area contributed by atoms with Gasteiger partial charge in [-0.3, -0.25) is 9.59 Å². The van der Waals surface area contributed by atoms with Crippen molar-refractivity contribution in [2.24, 2.45) is 0 Å². The third-order valence-corrected chi connectivity index (χ3v) is 9.86. The van der Waals surface area contributed by atoms with Crippen LogP contribution in [-0.4, -0.2) is 80.0 Å². The summed E-state index contributed by atoms with van der Waals surface area (Å²) in [4.78, 5) is 39.8. The molecule has 0 spiro atoms. The maximum atomic E-state index is 13.9. The average molecular weight is 803 g/mol. The summed E-state index contributed by atoms with van der Waals surface area (Å²) in [6, 6.07) is 37.2. The van der Waals surface area contributed by atoms with Crippen molar-refractivity contribution >= 4 is 17.8 Å². The standard InChI is InChI=1S/C47H54N4O8/c1-48-28-39(52)27-40(49-2)45(53)51-42(47(56)59-31-34-17-11-6-12-18-34)26-38-24-36(20-22-44(38)58-30-33-15-9-5-10-16-33)35-19-21-43(57-29-32-13-7-4-8-14-32)37(23-35)25-41(50-3)46(54)55/h4-24,39-42,48-50,52H,25-31H2,1-3H3,(H,51,53)(H,54,55)/t39-,40+,41+,42+/m1/s1. The largest absolute Gasteiger partial charge is 0.489 e. The predicted octanol–water partition coefficient (Wildman–Crippen LogP) is 5.06. The number of likely N-dealkylation sites (N-methyl/N-ethyl adjacent to an activating group) is 3. The fourth-order valence-electron chi connectivity index (χ4n) is 6.58. The molecule has 0 unspecified atom stereocenters. The third kappa shape index (κ3) is 13.5. The molecule has 0 fully saturated rings. The summed E-state index contributed by atoms with van der Waals surface area (Å²) < 4.78 is 18.4. The minimum Gasteiger partial charge on any atom is -0.489 e. The molecule has 0 heterocycles. The number of aliphatic hydroxyl groups excluding tert-OH is 1. The lowest BCUT2D eigenvalue weighted by molar-refractivity contribution is -0.149. The normalized spacial score (nSPS) is 13.1. The third-order valence-electron chi connectivity index (χ3n) is 9.86. The Morgan fingerprint density at radius 3 is 1.49 bits per heavy atom. The quantitative estimate of drug-likeness (QED) is 0.0489. The number of carboxylic acid groups (broad SMARTS) is 1. The highest BCUT2D eigenvalue weighted by atomic mass is 16.5. The topological polar surface area (TPSA) is 167 Å². The summed E-state index contributed by atoms with van der Waals surface area (Å²) in [5, 5.41) is 32.1. The number of carboxylic acids is 1. The van der Waals surface area contributed by atoms with Gasteiger partial charge in [-0.25, -0.2) is 4.79 Å². The van der Waals surface area contributed by atoms with Crippen LogP contribution in [0.4, 0.5) is 0 Å². The van der Waals surface area contributed by atoms with Gasteiger partial charge in [0, 0.05) is 19.4 Å². The SMILES string of the molecule is CNC[C@H](O)C[C@H](NC)C(=O)N[C@@H](Cc1cc(-c2ccc(OCc3ccccc3)c(C[C@H](NC)C(=O)O)c2)ccc1OCc1ccccc1)C(=O)OCc1ccccc1. The van der Waals surface area contributed by atoms with Gasteiger partial charge in [-0.2, -0.15) is 0 Å². The highest BCUT2D eigenvalue weighted by molar-refractivity contribution is 5.88. The number of benzene rings is 5. The summed E-state index contributed by atoms with van der Waals surface area (Å²) >= 11 is 0. The van der Waals surface area contributed by atoms with E-state index >= 15 is 0 Å². The molecule has 12 heteroatoms. The fraction of sp³-hybridized carbons (Fsp3) is 0.298. The van der Waals surface area contributed by atoms with Crippen LogP contribution in [0.3, 0.4) is 0 Å². The summed E-state index contributed by atoms with van der Waals surface area (Å²) in [6.45, 7) is 0.854. The molecule has 0 aliphatic heterocycles. The number of carbonyl (C=O) groups is 3. The zero-order valence-electron chi connectivity index (χ0n) is 33.7. The van der Waals surface area contributed by atoms with Crippen LogP contribution in [0.15, 0.2) is 127 Å². The molecule has 5 aromatic rings. The monoisotopic (exact) mass is 802 g/mol. The maximum absolute atomic E-state index is 13.9. The van der Waals surface area contributed by atoms with Crippen LogP contribution in [0.1, 0.15) is 34.2 Å². The van der Waals surface area contributed by atoms with Crippen LogP contribution in [-0.2, 0) is 51.8 Å². The van der Waals surface area contributed by atoms with Gasteiger partial charge in [-0.1, -0.05) is 103 Å². The lowest BCUT2D eigenvalue weighted by Crippen LogP contribution is -2.52. The number of amides is 1. The molecular weight excluding hydrogens is 749 g/mol. The van der Waals surface area contributed by atoms with Crippen molar-refractivity contribution in [1.29, 1.82) is 0 Å². The molecule has 0 aliphatic rings. The number of rotatable bonds is 23. The minimum absolute atomic E-state index is 0.00517. The first kappa shape index (κ1) is 44.1. The Morgan fingerprint density at radius 2 is 1.05 bits per heavy atom. The van der Waals surface area contributed by atoms with E-state index in [4.69, 9.17) is 14.2 Å². The Bertz CT molecular complexity index is 2080. The lowest BCUT2D eigenvalue weighted by atomic mass is 9.95. The number of nitrogens with one attached hydrogen (secondary N) is 4. The van der Waals surface area contributed by atoms with Crippen LogP contribution in [0, 0.1) is 0 Å².